The average molecular weight is 340 g/mol. The summed E-state index contributed by atoms with van der Waals surface area (Å²) in [6.07, 6.45) is 9.37. The minimum atomic E-state index is -0.480. The second-order valence-corrected chi connectivity index (χ2v) is 4.65. The zero-order valence-corrected chi connectivity index (χ0v) is 13.2. The van der Waals surface area contributed by atoms with Crippen LogP contribution in [0.25, 0.3) is 0 Å². The van der Waals surface area contributed by atoms with E-state index in [0.717, 1.165) is 11.1 Å². The SMILES string of the molecule is O=C(COCC(=O)N/N=C/c1cccnc1)N/N=C/c1cccnc1. The molecule has 0 aliphatic heterocycles. The molecule has 0 fully saturated rings. The first-order valence-electron chi connectivity index (χ1n) is 7.25. The summed E-state index contributed by atoms with van der Waals surface area (Å²) in [6, 6.07) is 7.08. The van der Waals surface area contributed by atoms with Gasteiger partial charge in [-0.2, -0.15) is 10.2 Å². The van der Waals surface area contributed by atoms with Gasteiger partial charge >= 0.3 is 0 Å². The van der Waals surface area contributed by atoms with Crippen LogP contribution in [0.1, 0.15) is 11.1 Å². The lowest BCUT2D eigenvalue weighted by atomic mass is 10.3. The molecule has 9 nitrogen and oxygen atoms in total. The van der Waals surface area contributed by atoms with Crippen molar-refractivity contribution in [3.8, 4) is 0 Å². The van der Waals surface area contributed by atoms with Crippen molar-refractivity contribution in [2.75, 3.05) is 13.2 Å². The first kappa shape index (κ1) is 17.9. The molecule has 2 aromatic heterocycles. The van der Waals surface area contributed by atoms with Crippen LogP contribution in [0.2, 0.25) is 0 Å². The Morgan fingerprint density at radius 2 is 1.40 bits per heavy atom. The van der Waals surface area contributed by atoms with Gasteiger partial charge in [-0.15, -0.1) is 0 Å². The Balaban J connectivity index is 1.59. The van der Waals surface area contributed by atoms with Crippen molar-refractivity contribution in [2.24, 2.45) is 10.2 Å². The van der Waals surface area contributed by atoms with Crippen molar-refractivity contribution >= 4 is 24.2 Å². The summed E-state index contributed by atoms with van der Waals surface area (Å²) in [5, 5.41) is 7.50. The third-order valence-corrected chi connectivity index (χ3v) is 2.64. The van der Waals surface area contributed by atoms with E-state index in [1.807, 2.05) is 0 Å². The van der Waals surface area contributed by atoms with Crippen molar-refractivity contribution in [3.05, 3.63) is 60.2 Å². The predicted molar refractivity (Wildman–Crippen MR) is 90.8 cm³/mol. The number of nitrogens with one attached hydrogen (secondary N) is 2. The smallest absolute Gasteiger partial charge is 0.266 e. The number of ether oxygens (including phenoxy) is 1. The maximum atomic E-state index is 11.5. The Morgan fingerprint density at radius 1 is 0.920 bits per heavy atom. The number of amides is 2. The molecule has 0 atom stereocenters. The Hall–Kier alpha value is -3.46. The van der Waals surface area contributed by atoms with E-state index >= 15 is 0 Å². The van der Waals surface area contributed by atoms with E-state index in [2.05, 4.69) is 31.0 Å². The van der Waals surface area contributed by atoms with Crippen molar-refractivity contribution in [1.82, 2.24) is 20.8 Å². The summed E-state index contributed by atoms with van der Waals surface area (Å²) in [4.78, 5) is 30.8. The van der Waals surface area contributed by atoms with E-state index in [4.69, 9.17) is 4.74 Å². The summed E-state index contributed by atoms with van der Waals surface area (Å²) in [5.41, 5.74) is 6.05. The lowest BCUT2D eigenvalue weighted by molar-refractivity contribution is -0.130. The highest BCUT2D eigenvalue weighted by Crippen LogP contribution is 1.90. The molecule has 0 saturated carbocycles. The van der Waals surface area contributed by atoms with Crippen LogP contribution < -0.4 is 10.9 Å². The van der Waals surface area contributed by atoms with Gasteiger partial charge in [0.1, 0.15) is 13.2 Å². The molecule has 9 heteroatoms. The average Bonchev–Trinajstić information content (AvgIpc) is 2.63. The molecule has 2 N–H and O–H groups in total. The summed E-state index contributed by atoms with van der Waals surface area (Å²) in [6.45, 7) is -0.603. The zero-order chi connectivity index (χ0) is 17.7. The van der Waals surface area contributed by atoms with Gasteiger partial charge in [0.2, 0.25) is 0 Å². The van der Waals surface area contributed by atoms with Crippen LogP contribution in [-0.2, 0) is 14.3 Å². The lowest BCUT2D eigenvalue weighted by Gasteiger charge is -2.02. The van der Waals surface area contributed by atoms with Gasteiger partial charge in [0.05, 0.1) is 12.4 Å². The largest absolute Gasteiger partial charge is 0.362 e. The minimum absolute atomic E-state index is 0.301. The quantitative estimate of drug-likeness (QED) is 0.522. The van der Waals surface area contributed by atoms with E-state index < -0.39 is 11.8 Å². The summed E-state index contributed by atoms with van der Waals surface area (Å²) in [5.74, 6) is -0.960. The summed E-state index contributed by atoms with van der Waals surface area (Å²) in [7, 11) is 0. The van der Waals surface area contributed by atoms with Crippen LogP contribution in [0, 0.1) is 0 Å². The van der Waals surface area contributed by atoms with Crippen molar-refractivity contribution in [3.63, 3.8) is 0 Å². The van der Waals surface area contributed by atoms with Gasteiger partial charge in [-0.25, -0.2) is 10.9 Å². The molecule has 128 valence electrons. The Labute approximate surface area is 143 Å². The lowest BCUT2D eigenvalue weighted by Crippen LogP contribution is -2.28. The molecule has 2 amide bonds. The number of hydrogen-bond donors (Lipinski definition) is 2. The molecule has 0 aliphatic carbocycles. The molecule has 0 aromatic carbocycles. The number of pyridine rings is 2. The van der Waals surface area contributed by atoms with Gasteiger partial charge in [-0.3, -0.25) is 19.6 Å². The van der Waals surface area contributed by atoms with E-state index in [9.17, 15) is 9.59 Å². The fourth-order valence-corrected chi connectivity index (χ4v) is 1.56. The molecule has 0 unspecified atom stereocenters. The number of aromatic nitrogens is 2. The van der Waals surface area contributed by atoms with E-state index in [0.29, 0.717) is 0 Å². The molecule has 25 heavy (non-hydrogen) atoms. The molecule has 0 aliphatic rings. The highest BCUT2D eigenvalue weighted by atomic mass is 16.5. The summed E-state index contributed by atoms with van der Waals surface area (Å²) < 4.78 is 4.97. The molecule has 2 rings (SSSR count). The molecule has 0 bridgehead atoms. The monoisotopic (exact) mass is 340 g/mol. The van der Waals surface area contributed by atoms with Crippen LogP contribution in [0.3, 0.4) is 0 Å². The highest BCUT2D eigenvalue weighted by Gasteiger charge is 2.03. The number of carbonyl (C=O) groups is 2. The van der Waals surface area contributed by atoms with E-state index in [1.165, 1.54) is 12.4 Å². The Bertz CT molecular complexity index is 671. The van der Waals surface area contributed by atoms with Gasteiger partial charge in [-0.1, -0.05) is 12.1 Å². The highest BCUT2D eigenvalue weighted by molar-refractivity contribution is 5.83. The molecule has 2 aromatic rings. The number of rotatable bonds is 8. The van der Waals surface area contributed by atoms with Crippen molar-refractivity contribution in [2.45, 2.75) is 0 Å². The van der Waals surface area contributed by atoms with Crippen molar-refractivity contribution < 1.29 is 14.3 Å². The molecule has 0 spiro atoms. The first-order chi connectivity index (χ1) is 12.2. The van der Waals surface area contributed by atoms with Crippen molar-refractivity contribution in [1.29, 1.82) is 0 Å². The molecular weight excluding hydrogens is 324 g/mol. The van der Waals surface area contributed by atoms with Gasteiger partial charge < -0.3 is 4.74 Å². The second kappa shape index (κ2) is 10.3. The number of nitrogens with zero attached hydrogens (tertiary/aromatic N) is 4. The van der Waals surface area contributed by atoms with Gasteiger partial charge in [-0.05, 0) is 12.1 Å². The van der Waals surface area contributed by atoms with Crippen LogP contribution in [0.15, 0.2) is 59.3 Å². The standard InChI is InChI=1S/C16H16N6O3/c23-15(21-19-9-13-3-1-5-17-7-13)11-25-12-16(24)22-20-10-14-4-2-6-18-8-14/h1-10H,11-12H2,(H,21,23)(H,22,24)/b19-9+,20-10+. The topological polar surface area (TPSA) is 118 Å². The summed E-state index contributed by atoms with van der Waals surface area (Å²) >= 11 is 0. The predicted octanol–water partition coefficient (Wildman–Crippen LogP) is 0.0936. The zero-order valence-electron chi connectivity index (χ0n) is 13.2. The number of carbonyl (C=O) groups excluding carboxylic acids is 2. The third-order valence-electron chi connectivity index (χ3n) is 2.64. The van der Waals surface area contributed by atoms with Crippen LogP contribution in [0.4, 0.5) is 0 Å². The third kappa shape index (κ3) is 7.57. The first-order valence-corrected chi connectivity index (χ1v) is 7.25. The van der Waals surface area contributed by atoms with E-state index in [1.54, 1.807) is 49.1 Å². The maximum absolute atomic E-state index is 11.5. The van der Waals surface area contributed by atoms with Gasteiger partial charge in [0.25, 0.3) is 11.8 Å². The Morgan fingerprint density at radius 3 is 1.80 bits per heavy atom. The molecule has 0 saturated heterocycles. The van der Waals surface area contributed by atoms with Crippen LogP contribution >= 0.6 is 0 Å². The van der Waals surface area contributed by atoms with Crippen LogP contribution in [-0.4, -0.2) is 47.4 Å². The molecular formula is C16H16N6O3. The molecule has 0 radical (unpaired) electrons. The fourth-order valence-electron chi connectivity index (χ4n) is 1.56. The fraction of sp³-hybridized carbons (Fsp3) is 0.125. The maximum Gasteiger partial charge on any atom is 0.266 e. The molecule has 2 heterocycles. The van der Waals surface area contributed by atoms with E-state index in [-0.39, 0.29) is 13.2 Å². The van der Waals surface area contributed by atoms with Gasteiger partial charge in [0.15, 0.2) is 0 Å². The normalized spacial score (nSPS) is 10.9. The number of hydrazone groups is 2. The van der Waals surface area contributed by atoms with Gasteiger partial charge in [0, 0.05) is 35.9 Å². The minimum Gasteiger partial charge on any atom is -0.362 e. The number of hydrogen-bond acceptors (Lipinski definition) is 7. The van der Waals surface area contributed by atoms with Crippen LogP contribution in [0.5, 0.6) is 0 Å². The second-order valence-electron chi connectivity index (χ2n) is 4.65. The Kier molecular flexibility index (Phi) is 7.40.